The molecule has 1 rings (SSSR count). The lowest BCUT2D eigenvalue weighted by Crippen LogP contribution is -1.86. The molecule has 0 saturated carbocycles. The lowest BCUT2D eigenvalue weighted by molar-refractivity contribution is 0.763. The van der Waals surface area contributed by atoms with Gasteiger partial charge in [-0.05, 0) is 0 Å². The van der Waals surface area contributed by atoms with E-state index in [1.807, 2.05) is 6.07 Å². The summed E-state index contributed by atoms with van der Waals surface area (Å²) in [5, 5.41) is 11.9. The summed E-state index contributed by atoms with van der Waals surface area (Å²) < 4.78 is 1.54. The molecule has 0 aromatic carbocycles. The SMILES string of the molecule is Cn1c[c]c(C#N)n1. The summed E-state index contributed by atoms with van der Waals surface area (Å²) in [5.74, 6) is 0. The zero-order valence-corrected chi connectivity index (χ0v) is 4.42. The Labute approximate surface area is 47.2 Å². The van der Waals surface area contributed by atoms with Crippen LogP contribution in [0.15, 0.2) is 6.20 Å². The molecule has 3 nitrogen and oxygen atoms in total. The van der Waals surface area contributed by atoms with Gasteiger partial charge in [0.25, 0.3) is 0 Å². The summed E-state index contributed by atoms with van der Waals surface area (Å²) >= 11 is 0. The van der Waals surface area contributed by atoms with Crippen LogP contribution < -0.4 is 0 Å². The van der Waals surface area contributed by atoms with Crippen LogP contribution in [0, 0.1) is 17.4 Å². The van der Waals surface area contributed by atoms with Crippen molar-refractivity contribution in [2.45, 2.75) is 0 Å². The van der Waals surface area contributed by atoms with E-state index in [1.54, 1.807) is 17.9 Å². The van der Waals surface area contributed by atoms with Gasteiger partial charge in [-0.15, -0.1) is 0 Å². The van der Waals surface area contributed by atoms with Gasteiger partial charge in [0.2, 0.25) is 0 Å². The van der Waals surface area contributed by atoms with Crippen molar-refractivity contribution in [3.63, 3.8) is 0 Å². The number of rotatable bonds is 0. The molecule has 0 atom stereocenters. The van der Waals surface area contributed by atoms with Gasteiger partial charge in [0.15, 0.2) is 5.69 Å². The van der Waals surface area contributed by atoms with Crippen LogP contribution in [0.3, 0.4) is 0 Å². The number of aromatic nitrogens is 2. The molecular formula is C5H4N3. The number of aryl methyl sites for hydroxylation is 1. The third-order valence-electron chi connectivity index (χ3n) is 0.752. The number of nitrogens with zero attached hydrogens (tertiary/aromatic N) is 3. The highest BCUT2D eigenvalue weighted by Crippen LogP contribution is 1.86. The summed E-state index contributed by atoms with van der Waals surface area (Å²) in [7, 11) is 1.75. The molecule has 0 N–H and O–H groups in total. The molecule has 0 spiro atoms. The highest BCUT2D eigenvalue weighted by atomic mass is 15.2. The van der Waals surface area contributed by atoms with Crippen molar-refractivity contribution in [2.24, 2.45) is 7.05 Å². The molecule has 0 saturated heterocycles. The summed E-state index contributed by atoms with van der Waals surface area (Å²) in [6.45, 7) is 0. The Bertz CT molecular complexity index is 218. The molecule has 0 aliphatic heterocycles. The van der Waals surface area contributed by atoms with Crippen molar-refractivity contribution in [1.82, 2.24) is 9.78 Å². The van der Waals surface area contributed by atoms with Crippen LogP contribution in [0.2, 0.25) is 0 Å². The van der Waals surface area contributed by atoms with Crippen LogP contribution >= 0.6 is 0 Å². The second-order valence-corrected chi connectivity index (χ2v) is 1.41. The fourth-order valence-corrected chi connectivity index (χ4v) is 0.425. The van der Waals surface area contributed by atoms with Crippen molar-refractivity contribution in [3.8, 4) is 6.07 Å². The molecule has 0 bridgehead atoms. The Morgan fingerprint density at radius 2 is 2.75 bits per heavy atom. The van der Waals surface area contributed by atoms with Crippen LogP contribution in [0.25, 0.3) is 0 Å². The maximum Gasteiger partial charge on any atom is 0.170 e. The molecule has 1 heterocycles. The van der Waals surface area contributed by atoms with Gasteiger partial charge < -0.3 is 0 Å². The molecule has 8 heavy (non-hydrogen) atoms. The second-order valence-electron chi connectivity index (χ2n) is 1.41. The van der Waals surface area contributed by atoms with E-state index in [0.29, 0.717) is 5.69 Å². The first kappa shape index (κ1) is 4.85. The summed E-state index contributed by atoms with van der Waals surface area (Å²) in [6.07, 6.45) is 1.61. The van der Waals surface area contributed by atoms with Crippen molar-refractivity contribution in [1.29, 1.82) is 5.26 Å². The van der Waals surface area contributed by atoms with Gasteiger partial charge in [-0.1, -0.05) is 0 Å². The van der Waals surface area contributed by atoms with Gasteiger partial charge >= 0.3 is 0 Å². The molecule has 0 aliphatic carbocycles. The molecule has 1 aromatic rings. The maximum atomic E-state index is 8.19. The van der Waals surface area contributed by atoms with E-state index in [1.165, 1.54) is 0 Å². The lowest BCUT2D eigenvalue weighted by Gasteiger charge is -1.78. The molecule has 3 heteroatoms. The van der Waals surface area contributed by atoms with Gasteiger partial charge in [-0.25, -0.2) is 0 Å². The number of hydrogen-bond acceptors (Lipinski definition) is 2. The molecular weight excluding hydrogens is 102 g/mol. The number of nitriles is 1. The van der Waals surface area contributed by atoms with Gasteiger partial charge in [-0.2, -0.15) is 10.4 Å². The predicted octanol–water partition coefficient (Wildman–Crippen LogP) is 0.0920. The minimum Gasteiger partial charge on any atom is -0.274 e. The zero-order valence-electron chi connectivity index (χ0n) is 4.42. The average molecular weight is 106 g/mol. The quantitative estimate of drug-likeness (QED) is 0.470. The Hall–Kier alpha value is -1.30. The van der Waals surface area contributed by atoms with Crippen molar-refractivity contribution >= 4 is 0 Å². The fraction of sp³-hybridized carbons (Fsp3) is 0.200. The first-order chi connectivity index (χ1) is 3.83. The van der Waals surface area contributed by atoms with Crippen molar-refractivity contribution < 1.29 is 0 Å². The van der Waals surface area contributed by atoms with E-state index in [2.05, 4.69) is 11.2 Å². The minimum absolute atomic E-state index is 0.340. The third kappa shape index (κ3) is 0.684. The van der Waals surface area contributed by atoms with Crippen molar-refractivity contribution in [3.05, 3.63) is 18.0 Å². The molecule has 0 unspecified atom stereocenters. The molecule has 0 aliphatic rings. The van der Waals surface area contributed by atoms with E-state index in [9.17, 15) is 0 Å². The van der Waals surface area contributed by atoms with Crippen LogP contribution in [-0.2, 0) is 7.05 Å². The Morgan fingerprint density at radius 3 is 3.00 bits per heavy atom. The Balaban J connectivity index is 3.05. The van der Waals surface area contributed by atoms with E-state index in [-0.39, 0.29) is 0 Å². The molecule has 0 fully saturated rings. The first-order valence-electron chi connectivity index (χ1n) is 2.14. The van der Waals surface area contributed by atoms with E-state index >= 15 is 0 Å². The van der Waals surface area contributed by atoms with E-state index in [4.69, 9.17) is 5.26 Å². The topological polar surface area (TPSA) is 41.6 Å². The van der Waals surface area contributed by atoms with Crippen molar-refractivity contribution in [2.75, 3.05) is 0 Å². The van der Waals surface area contributed by atoms with E-state index in [0.717, 1.165) is 0 Å². The fourth-order valence-electron chi connectivity index (χ4n) is 0.425. The lowest BCUT2D eigenvalue weighted by atomic mass is 10.5. The predicted molar refractivity (Wildman–Crippen MR) is 26.8 cm³/mol. The maximum absolute atomic E-state index is 8.19. The van der Waals surface area contributed by atoms with Crippen LogP contribution in [0.5, 0.6) is 0 Å². The van der Waals surface area contributed by atoms with Gasteiger partial charge in [0.1, 0.15) is 6.07 Å². The Morgan fingerprint density at radius 1 is 2.00 bits per heavy atom. The molecule has 0 amide bonds. The van der Waals surface area contributed by atoms with Gasteiger partial charge in [-0.3, -0.25) is 4.68 Å². The highest BCUT2D eigenvalue weighted by Gasteiger charge is 1.89. The second kappa shape index (κ2) is 1.66. The van der Waals surface area contributed by atoms with Gasteiger partial charge in [0.05, 0.1) is 0 Å². The van der Waals surface area contributed by atoms with Crippen LogP contribution in [-0.4, -0.2) is 9.78 Å². The first-order valence-corrected chi connectivity index (χ1v) is 2.14. The van der Waals surface area contributed by atoms with Crippen LogP contribution in [0.1, 0.15) is 5.69 Å². The molecule has 39 valence electrons. The molecule has 1 aromatic heterocycles. The summed E-state index contributed by atoms with van der Waals surface area (Å²) in [6, 6.07) is 4.51. The van der Waals surface area contributed by atoms with Gasteiger partial charge in [0, 0.05) is 19.3 Å². The monoisotopic (exact) mass is 106 g/mol. The summed E-state index contributed by atoms with van der Waals surface area (Å²) in [5.41, 5.74) is 0.340. The highest BCUT2D eigenvalue weighted by molar-refractivity contribution is 5.14. The smallest absolute Gasteiger partial charge is 0.170 e. The standard InChI is InChI=1S/C5H4N3/c1-8-3-2-5(4-6)7-8/h3H,1H3. The largest absolute Gasteiger partial charge is 0.274 e. The number of hydrogen-bond donors (Lipinski definition) is 0. The molecule has 1 radical (unpaired) electrons. The summed E-state index contributed by atoms with van der Waals surface area (Å²) in [4.78, 5) is 0. The van der Waals surface area contributed by atoms with Crippen LogP contribution in [0.4, 0.5) is 0 Å². The zero-order chi connectivity index (χ0) is 5.98. The normalized spacial score (nSPS) is 8.50. The average Bonchev–Trinajstić information content (AvgIpc) is 2.14. The Kier molecular flexibility index (Phi) is 1.01. The third-order valence-corrected chi connectivity index (χ3v) is 0.752. The van der Waals surface area contributed by atoms with E-state index < -0.39 is 0 Å². The minimum atomic E-state index is 0.340.